The zero-order chi connectivity index (χ0) is 29.8. The van der Waals surface area contributed by atoms with E-state index in [-0.39, 0.29) is 23.6 Å². The number of benzene rings is 2. The molecule has 0 bridgehead atoms. The number of rotatable bonds is 9. The third-order valence-corrected chi connectivity index (χ3v) is 8.05. The second-order valence-corrected chi connectivity index (χ2v) is 11.1. The van der Waals surface area contributed by atoms with Crippen LogP contribution in [0.25, 0.3) is 10.9 Å². The Hall–Kier alpha value is -4.49. The first-order chi connectivity index (χ1) is 20.3. The van der Waals surface area contributed by atoms with Crippen LogP contribution in [0.4, 0.5) is 21.6 Å². The number of nitriles is 1. The third-order valence-electron chi connectivity index (χ3n) is 8.05. The van der Waals surface area contributed by atoms with E-state index in [1.807, 2.05) is 26.8 Å². The SMILES string of the molecule is CCN(C(=O)c1cc(F)ccc1Nc1cncnc1NC1CCN(Cc2ccc3[nH]c(C#N)cc3c2C)CC1)C(C)C. The first kappa shape index (κ1) is 29.0. The van der Waals surface area contributed by atoms with E-state index in [1.54, 1.807) is 17.2 Å². The van der Waals surface area contributed by atoms with Gasteiger partial charge in [0.1, 0.15) is 29.6 Å². The quantitative estimate of drug-likeness (QED) is 0.228. The summed E-state index contributed by atoms with van der Waals surface area (Å²) in [6, 6.07) is 12.7. The summed E-state index contributed by atoms with van der Waals surface area (Å²) in [6.07, 6.45) is 5.04. The molecule has 3 N–H and O–H groups in total. The maximum Gasteiger partial charge on any atom is 0.256 e. The summed E-state index contributed by atoms with van der Waals surface area (Å²) < 4.78 is 14.2. The number of aromatic nitrogens is 3. The highest BCUT2D eigenvalue weighted by molar-refractivity contribution is 6.00. The summed E-state index contributed by atoms with van der Waals surface area (Å²) in [5, 5.41) is 17.2. The molecule has 1 saturated heterocycles. The molecule has 0 atom stereocenters. The van der Waals surface area contributed by atoms with Crippen molar-refractivity contribution < 1.29 is 9.18 Å². The van der Waals surface area contributed by atoms with Crippen LogP contribution in [0.5, 0.6) is 0 Å². The Labute approximate surface area is 245 Å². The van der Waals surface area contributed by atoms with E-state index in [0.717, 1.165) is 43.4 Å². The van der Waals surface area contributed by atoms with E-state index in [2.05, 4.69) is 55.6 Å². The Balaban J connectivity index is 1.25. The van der Waals surface area contributed by atoms with Crippen LogP contribution in [0.15, 0.2) is 48.9 Å². The minimum atomic E-state index is -0.465. The van der Waals surface area contributed by atoms with Crippen LogP contribution < -0.4 is 10.6 Å². The van der Waals surface area contributed by atoms with Gasteiger partial charge < -0.3 is 20.5 Å². The number of amides is 1. The van der Waals surface area contributed by atoms with Crippen molar-refractivity contribution in [2.75, 3.05) is 30.3 Å². The number of carbonyl (C=O) groups excluding carboxylic acids is 1. The van der Waals surface area contributed by atoms with Gasteiger partial charge in [-0.25, -0.2) is 14.4 Å². The second kappa shape index (κ2) is 12.6. The zero-order valence-electron chi connectivity index (χ0n) is 24.5. The van der Waals surface area contributed by atoms with E-state index < -0.39 is 5.82 Å². The van der Waals surface area contributed by atoms with Crippen molar-refractivity contribution in [2.24, 2.45) is 0 Å². The van der Waals surface area contributed by atoms with Crippen LogP contribution in [0.3, 0.4) is 0 Å². The van der Waals surface area contributed by atoms with Gasteiger partial charge in [0.15, 0.2) is 5.82 Å². The van der Waals surface area contributed by atoms with Gasteiger partial charge in [-0.1, -0.05) is 6.07 Å². The molecule has 218 valence electrons. The molecule has 1 aliphatic heterocycles. The third kappa shape index (κ3) is 6.21. The Kier molecular flexibility index (Phi) is 8.69. The van der Waals surface area contributed by atoms with E-state index in [4.69, 9.17) is 0 Å². The fourth-order valence-electron chi connectivity index (χ4n) is 5.68. The molecule has 0 unspecified atom stereocenters. The number of hydrogen-bond donors (Lipinski definition) is 3. The molecule has 0 radical (unpaired) electrons. The Morgan fingerprint density at radius 2 is 2.00 bits per heavy atom. The normalized spacial score (nSPS) is 14.2. The van der Waals surface area contributed by atoms with Crippen molar-refractivity contribution >= 4 is 34.0 Å². The predicted octanol–water partition coefficient (Wildman–Crippen LogP) is 5.97. The maximum absolute atomic E-state index is 14.2. The number of fused-ring (bicyclic) bond motifs is 1. The number of anilines is 3. The van der Waals surface area contributed by atoms with Gasteiger partial charge in [-0.15, -0.1) is 0 Å². The van der Waals surface area contributed by atoms with Gasteiger partial charge >= 0.3 is 0 Å². The Bertz CT molecular complexity index is 1620. The number of halogens is 1. The Morgan fingerprint density at radius 1 is 1.21 bits per heavy atom. The lowest BCUT2D eigenvalue weighted by Gasteiger charge is -2.33. The molecule has 5 rings (SSSR count). The van der Waals surface area contributed by atoms with Crippen LogP contribution in [-0.2, 0) is 6.54 Å². The number of likely N-dealkylation sites (tertiary alicyclic amines) is 1. The van der Waals surface area contributed by atoms with Crippen molar-refractivity contribution in [1.29, 1.82) is 5.26 Å². The molecule has 1 fully saturated rings. The van der Waals surface area contributed by atoms with Gasteiger partial charge in [0.25, 0.3) is 5.91 Å². The van der Waals surface area contributed by atoms with E-state index in [9.17, 15) is 14.4 Å². The van der Waals surface area contributed by atoms with Gasteiger partial charge in [0.2, 0.25) is 0 Å². The van der Waals surface area contributed by atoms with Gasteiger partial charge in [-0.3, -0.25) is 9.69 Å². The van der Waals surface area contributed by atoms with Gasteiger partial charge in [-0.05, 0) is 82.0 Å². The van der Waals surface area contributed by atoms with Crippen LogP contribution in [0, 0.1) is 24.1 Å². The number of H-pyrrole nitrogens is 1. The number of aryl methyl sites for hydroxylation is 1. The van der Waals surface area contributed by atoms with Crippen LogP contribution in [0.2, 0.25) is 0 Å². The predicted molar refractivity (Wildman–Crippen MR) is 163 cm³/mol. The molecule has 2 aromatic heterocycles. The lowest BCUT2D eigenvalue weighted by molar-refractivity contribution is 0.0717. The van der Waals surface area contributed by atoms with Crippen molar-refractivity contribution in [2.45, 2.75) is 59.2 Å². The van der Waals surface area contributed by atoms with E-state index in [1.165, 1.54) is 29.6 Å². The van der Waals surface area contributed by atoms with Crippen molar-refractivity contribution in [3.8, 4) is 6.07 Å². The number of nitrogens with zero attached hydrogens (tertiary/aromatic N) is 5. The monoisotopic (exact) mass is 568 g/mol. The van der Waals surface area contributed by atoms with Crippen molar-refractivity contribution in [3.05, 3.63) is 77.1 Å². The molecular weight excluding hydrogens is 531 g/mol. The standard InChI is InChI=1S/C32H37FN8O/c1-5-41(20(2)3)32(42)27-14-23(33)7-9-29(27)39-30-17-35-19-36-31(30)38-24-10-12-40(13-11-24)18-22-6-8-28-26(21(22)4)15-25(16-34)37-28/h6-9,14-15,17,19-20,24,37,39H,5,10-13,18H2,1-4H3,(H,35,36,38). The fraction of sp³-hybridized carbons (Fsp3) is 0.375. The maximum atomic E-state index is 14.2. The second-order valence-electron chi connectivity index (χ2n) is 11.1. The molecular formula is C32H37FN8O. The highest BCUT2D eigenvalue weighted by atomic mass is 19.1. The number of aromatic amines is 1. The van der Waals surface area contributed by atoms with Crippen LogP contribution in [0.1, 0.15) is 60.8 Å². The van der Waals surface area contributed by atoms with E-state index in [0.29, 0.717) is 29.4 Å². The van der Waals surface area contributed by atoms with Gasteiger partial charge in [0, 0.05) is 49.2 Å². The molecule has 0 spiro atoms. The average molecular weight is 569 g/mol. The molecule has 4 aromatic rings. The molecule has 9 nitrogen and oxygen atoms in total. The topological polar surface area (TPSA) is 113 Å². The number of nitrogens with one attached hydrogen (secondary N) is 3. The summed E-state index contributed by atoms with van der Waals surface area (Å²) in [5.41, 5.74) is 5.44. The minimum absolute atomic E-state index is 0.0151. The van der Waals surface area contributed by atoms with E-state index >= 15 is 0 Å². The summed E-state index contributed by atoms with van der Waals surface area (Å²) in [4.78, 5) is 29.3. The molecule has 0 saturated carbocycles. The van der Waals surface area contributed by atoms with Crippen molar-refractivity contribution in [1.82, 2.24) is 24.8 Å². The largest absolute Gasteiger partial charge is 0.365 e. The highest BCUT2D eigenvalue weighted by Crippen LogP contribution is 2.29. The lowest BCUT2D eigenvalue weighted by Crippen LogP contribution is -2.39. The van der Waals surface area contributed by atoms with Gasteiger partial charge in [-0.2, -0.15) is 5.26 Å². The summed E-state index contributed by atoms with van der Waals surface area (Å²) in [6.45, 7) is 11.2. The van der Waals surface area contributed by atoms with Gasteiger partial charge in [0.05, 0.1) is 17.4 Å². The minimum Gasteiger partial charge on any atom is -0.365 e. The molecule has 10 heteroatoms. The molecule has 42 heavy (non-hydrogen) atoms. The smallest absolute Gasteiger partial charge is 0.256 e. The Morgan fingerprint density at radius 3 is 2.71 bits per heavy atom. The summed E-state index contributed by atoms with van der Waals surface area (Å²) in [5.74, 6) is -0.0534. The molecule has 1 amide bonds. The number of carbonyl (C=O) groups is 1. The van der Waals surface area contributed by atoms with Crippen molar-refractivity contribution in [3.63, 3.8) is 0 Å². The number of hydrogen-bond acceptors (Lipinski definition) is 7. The highest BCUT2D eigenvalue weighted by Gasteiger charge is 2.24. The number of piperidine rings is 1. The first-order valence-electron chi connectivity index (χ1n) is 14.4. The average Bonchev–Trinajstić information content (AvgIpc) is 3.42. The van der Waals surface area contributed by atoms with Crippen LogP contribution >= 0.6 is 0 Å². The summed E-state index contributed by atoms with van der Waals surface area (Å²) >= 11 is 0. The molecule has 3 heterocycles. The molecule has 1 aliphatic rings. The van der Waals surface area contributed by atoms with Crippen LogP contribution in [-0.4, -0.2) is 62.4 Å². The fourth-order valence-corrected chi connectivity index (χ4v) is 5.68. The molecule has 0 aliphatic carbocycles. The zero-order valence-corrected chi connectivity index (χ0v) is 24.5. The molecule has 2 aromatic carbocycles. The lowest BCUT2D eigenvalue weighted by atomic mass is 10.0. The summed E-state index contributed by atoms with van der Waals surface area (Å²) in [7, 11) is 0. The first-order valence-corrected chi connectivity index (χ1v) is 14.4.